The first-order valence-corrected chi connectivity index (χ1v) is 9.73. The van der Waals surface area contributed by atoms with Crippen LogP contribution in [0.2, 0.25) is 0 Å². The Bertz CT molecular complexity index is 939. The van der Waals surface area contributed by atoms with E-state index in [0.717, 1.165) is 29.6 Å². The van der Waals surface area contributed by atoms with Gasteiger partial charge in [0.1, 0.15) is 4.83 Å². The maximum Gasteiger partial charge on any atom is 0.264 e. The molecule has 25 heavy (non-hydrogen) atoms. The van der Waals surface area contributed by atoms with Crippen LogP contribution >= 0.6 is 11.3 Å². The molecule has 0 bridgehead atoms. The van der Waals surface area contributed by atoms with Gasteiger partial charge in [0.25, 0.3) is 5.56 Å². The molecular formula is C18H23N5OS. The molecule has 132 valence electrons. The van der Waals surface area contributed by atoms with Crippen molar-refractivity contribution < 1.29 is 0 Å². The molecular weight excluding hydrogens is 334 g/mol. The Labute approximate surface area is 150 Å². The third-order valence-corrected chi connectivity index (χ3v) is 5.94. The molecule has 0 saturated heterocycles. The largest absolute Gasteiger partial charge is 0.354 e. The van der Waals surface area contributed by atoms with Crippen LogP contribution < -0.4 is 10.9 Å². The van der Waals surface area contributed by atoms with Crippen LogP contribution in [-0.2, 0) is 19.4 Å². The SMILES string of the molecule is CC(C)n1c(NCCn2ccnc2)nc2sc3c(c2c1=O)CCCC3. The number of hydrogen-bond acceptors (Lipinski definition) is 5. The van der Waals surface area contributed by atoms with Gasteiger partial charge in [-0.15, -0.1) is 11.3 Å². The summed E-state index contributed by atoms with van der Waals surface area (Å²) in [6.07, 6.45) is 9.98. The molecule has 7 heteroatoms. The molecule has 0 saturated carbocycles. The normalized spacial score (nSPS) is 14.2. The highest BCUT2D eigenvalue weighted by Gasteiger charge is 2.22. The Kier molecular flexibility index (Phi) is 4.33. The van der Waals surface area contributed by atoms with E-state index < -0.39 is 0 Å². The van der Waals surface area contributed by atoms with Gasteiger partial charge in [0.2, 0.25) is 5.95 Å². The lowest BCUT2D eigenvalue weighted by atomic mass is 9.97. The second kappa shape index (κ2) is 6.63. The summed E-state index contributed by atoms with van der Waals surface area (Å²) < 4.78 is 3.81. The monoisotopic (exact) mass is 357 g/mol. The van der Waals surface area contributed by atoms with Gasteiger partial charge < -0.3 is 9.88 Å². The van der Waals surface area contributed by atoms with Gasteiger partial charge in [-0.2, -0.15) is 0 Å². The van der Waals surface area contributed by atoms with E-state index in [1.807, 2.05) is 24.6 Å². The van der Waals surface area contributed by atoms with E-state index in [1.54, 1.807) is 28.4 Å². The Morgan fingerprint density at radius 2 is 2.16 bits per heavy atom. The standard InChI is InChI=1S/C18H23N5OS/c1-12(2)23-17(24)15-13-5-3-4-6-14(13)25-16(15)21-18(23)20-8-10-22-9-7-19-11-22/h7,9,11-12H,3-6,8,10H2,1-2H3,(H,20,21). The highest BCUT2D eigenvalue weighted by atomic mass is 32.1. The summed E-state index contributed by atoms with van der Waals surface area (Å²) in [7, 11) is 0. The van der Waals surface area contributed by atoms with Gasteiger partial charge in [-0.05, 0) is 45.1 Å². The highest BCUT2D eigenvalue weighted by Crippen LogP contribution is 2.34. The zero-order valence-electron chi connectivity index (χ0n) is 14.7. The third kappa shape index (κ3) is 2.97. The molecule has 4 rings (SSSR count). The Hall–Kier alpha value is -2.15. The average molecular weight is 357 g/mol. The van der Waals surface area contributed by atoms with Crippen molar-refractivity contribution in [2.24, 2.45) is 0 Å². The number of aromatic nitrogens is 4. The van der Waals surface area contributed by atoms with E-state index in [-0.39, 0.29) is 11.6 Å². The minimum absolute atomic E-state index is 0.0688. The fraction of sp³-hybridized carbons (Fsp3) is 0.500. The zero-order valence-corrected chi connectivity index (χ0v) is 15.5. The molecule has 0 aliphatic heterocycles. The van der Waals surface area contributed by atoms with E-state index >= 15 is 0 Å². The topological polar surface area (TPSA) is 64.7 Å². The van der Waals surface area contributed by atoms with Crippen molar-refractivity contribution in [1.29, 1.82) is 0 Å². The predicted molar refractivity (Wildman–Crippen MR) is 102 cm³/mol. The van der Waals surface area contributed by atoms with E-state index in [1.165, 1.54) is 23.3 Å². The lowest BCUT2D eigenvalue weighted by Crippen LogP contribution is -2.27. The second-order valence-electron chi connectivity index (χ2n) is 6.82. The zero-order chi connectivity index (χ0) is 17.4. The molecule has 0 spiro atoms. The molecule has 3 aromatic rings. The quantitative estimate of drug-likeness (QED) is 0.761. The molecule has 0 aromatic carbocycles. The summed E-state index contributed by atoms with van der Waals surface area (Å²) in [5, 5.41) is 4.21. The number of anilines is 1. The van der Waals surface area contributed by atoms with Gasteiger partial charge in [0.15, 0.2) is 0 Å². The molecule has 3 aromatic heterocycles. The van der Waals surface area contributed by atoms with E-state index in [9.17, 15) is 4.79 Å². The summed E-state index contributed by atoms with van der Waals surface area (Å²) in [4.78, 5) is 24.3. The second-order valence-corrected chi connectivity index (χ2v) is 7.91. The number of fused-ring (bicyclic) bond motifs is 3. The molecule has 0 amide bonds. The number of hydrogen-bond donors (Lipinski definition) is 1. The molecule has 6 nitrogen and oxygen atoms in total. The van der Waals surface area contributed by atoms with Gasteiger partial charge in [-0.3, -0.25) is 9.36 Å². The summed E-state index contributed by atoms with van der Waals surface area (Å²) in [6, 6.07) is 0.0688. The number of rotatable bonds is 5. The third-order valence-electron chi connectivity index (χ3n) is 4.75. The van der Waals surface area contributed by atoms with Crippen LogP contribution in [0, 0.1) is 0 Å². The number of thiophene rings is 1. The van der Waals surface area contributed by atoms with Crippen LogP contribution in [0.5, 0.6) is 0 Å². The smallest absolute Gasteiger partial charge is 0.264 e. The van der Waals surface area contributed by atoms with Gasteiger partial charge in [-0.1, -0.05) is 0 Å². The van der Waals surface area contributed by atoms with Crippen molar-refractivity contribution in [2.75, 3.05) is 11.9 Å². The first-order valence-electron chi connectivity index (χ1n) is 8.91. The predicted octanol–water partition coefficient (Wildman–Crippen LogP) is 3.23. The Morgan fingerprint density at radius 1 is 1.32 bits per heavy atom. The van der Waals surface area contributed by atoms with Crippen LogP contribution in [0.1, 0.15) is 43.2 Å². The Morgan fingerprint density at radius 3 is 2.92 bits per heavy atom. The van der Waals surface area contributed by atoms with Gasteiger partial charge in [0, 0.05) is 36.4 Å². The minimum Gasteiger partial charge on any atom is -0.354 e. The number of nitrogens with zero attached hydrogens (tertiary/aromatic N) is 4. The molecule has 1 aliphatic carbocycles. The van der Waals surface area contributed by atoms with Crippen molar-refractivity contribution in [1.82, 2.24) is 19.1 Å². The summed E-state index contributed by atoms with van der Waals surface area (Å²) in [5.74, 6) is 0.672. The average Bonchev–Trinajstić information content (AvgIpc) is 3.21. The lowest BCUT2D eigenvalue weighted by molar-refractivity contribution is 0.576. The van der Waals surface area contributed by atoms with E-state index in [4.69, 9.17) is 4.98 Å². The highest BCUT2D eigenvalue weighted by molar-refractivity contribution is 7.18. The fourth-order valence-electron chi connectivity index (χ4n) is 3.54. The van der Waals surface area contributed by atoms with Crippen molar-refractivity contribution in [3.63, 3.8) is 0 Å². The number of imidazole rings is 1. The maximum absolute atomic E-state index is 13.2. The van der Waals surface area contributed by atoms with Crippen LogP contribution in [0.25, 0.3) is 10.2 Å². The van der Waals surface area contributed by atoms with Gasteiger partial charge in [0.05, 0.1) is 11.7 Å². The maximum atomic E-state index is 13.2. The summed E-state index contributed by atoms with van der Waals surface area (Å²) >= 11 is 1.70. The van der Waals surface area contributed by atoms with Crippen molar-refractivity contribution in [3.8, 4) is 0 Å². The summed E-state index contributed by atoms with van der Waals surface area (Å²) in [6.45, 7) is 5.56. The molecule has 3 heterocycles. The van der Waals surface area contributed by atoms with Gasteiger partial charge in [-0.25, -0.2) is 9.97 Å². The molecule has 0 radical (unpaired) electrons. The first-order chi connectivity index (χ1) is 12.1. The lowest BCUT2D eigenvalue weighted by Gasteiger charge is -2.17. The molecule has 1 N–H and O–H groups in total. The van der Waals surface area contributed by atoms with Crippen LogP contribution in [0.3, 0.4) is 0 Å². The molecule has 0 unspecified atom stereocenters. The molecule has 0 atom stereocenters. The van der Waals surface area contributed by atoms with Gasteiger partial charge >= 0.3 is 0 Å². The molecule has 1 aliphatic rings. The van der Waals surface area contributed by atoms with Crippen molar-refractivity contribution in [3.05, 3.63) is 39.5 Å². The van der Waals surface area contributed by atoms with E-state index in [0.29, 0.717) is 12.5 Å². The van der Waals surface area contributed by atoms with Crippen LogP contribution in [0.15, 0.2) is 23.5 Å². The fourth-order valence-corrected chi connectivity index (χ4v) is 4.79. The number of aryl methyl sites for hydroxylation is 2. The summed E-state index contributed by atoms with van der Waals surface area (Å²) in [5.41, 5.74) is 1.35. The number of nitrogens with one attached hydrogen (secondary N) is 1. The van der Waals surface area contributed by atoms with Crippen LogP contribution in [0.4, 0.5) is 5.95 Å². The van der Waals surface area contributed by atoms with Crippen molar-refractivity contribution >= 4 is 27.5 Å². The minimum atomic E-state index is 0.0688. The first kappa shape index (κ1) is 16.3. The molecule has 0 fully saturated rings. The Balaban J connectivity index is 1.72. The van der Waals surface area contributed by atoms with E-state index in [2.05, 4.69) is 10.3 Å². The van der Waals surface area contributed by atoms with Crippen LogP contribution in [-0.4, -0.2) is 25.6 Å². The van der Waals surface area contributed by atoms with Crippen molar-refractivity contribution in [2.45, 2.75) is 52.1 Å².